The molecule has 1 saturated heterocycles. The Morgan fingerprint density at radius 2 is 1.96 bits per heavy atom. The van der Waals surface area contributed by atoms with Crippen LogP contribution in [0.15, 0.2) is 30.3 Å². The van der Waals surface area contributed by atoms with E-state index in [1.165, 1.54) is 11.8 Å². The first-order valence-electron chi connectivity index (χ1n) is 9.49. The van der Waals surface area contributed by atoms with Crippen molar-refractivity contribution in [2.24, 2.45) is 0 Å². The average molecular weight is 403 g/mol. The molecule has 3 rings (SSSR count). The lowest BCUT2D eigenvalue weighted by molar-refractivity contribution is 0.122. The minimum absolute atomic E-state index is 0.120. The molecule has 0 atom stereocenters. The summed E-state index contributed by atoms with van der Waals surface area (Å²) in [7, 11) is 1.77. The number of anilines is 2. The molecule has 150 valence electrons. The van der Waals surface area contributed by atoms with Crippen LogP contribution >= 0.6 is 0 Å². The molecule has 0 spiro atoms. The lowest BCUT2D eigenvalue weighted by atomic mass is 10.2. The number of thiol groups is 1. The van der Waals surface area contributed by atoms with E-state index >= 15 is 0 Å². The number of rotatable bonds is 6. The van der Waals surface area contributed by atoms with Crippen molar-refractivity contribution in [3.63, 3.8) is 0 Å². The number of aromatic nitrogens is 2. The quantitative estimate of drug-likeness (QED) is 0.594. The van der Waals surface area contributed by atoms with Crippen LogP contribution in [0, 0.1) is 0 Å². The predicted octanol–water partition coefficient (Wildman–Crippen LogP) is 2.41. The first kappa shape index (κ1) is 20.4. The molecule has 0 aliphatic carbocycles. The number of hydrogen-bond acceptors (Lipinski definition) is 5. The second-order valence-electron chi connectivity index (χ2n) is 6.64. The molecule has 1 fully saturated rings. The number of carbonyl (C=O) groups is 1. The van der Waals surface area contributed by atoms with Gasteiger partial charge in [-0.2, -0.15) is 0 Å². The zero-order valence-electron chi connectivity index (χ0n) is 16.7. The number of amides is 2. The van der Waals surface area contributed by atoms with Crippen molar-refractivity contribution in [3.05, 3.63) is 36.0 Å². The normalized spacial score (nSPS) is 14.0. The fraction of sp³-hybridized carbons (Fsp3) is 0.450. The van der Waals surface area contributed by atoms with Crippen molar-refractivity contribution in [1.82, 2.24) is 14.9 Å². The zero-order valence-corrected chi connectivity index (χ0v) is 17.6. The molecular weight excluding hydrogens is 374 g/mol. The molecule has 0 bridgehead atoms. The van der Waals surface area contributed by atoms with Gasteiger partial charge in [-0.15, -0.1) is 0 Å². The van der Waals surface area contributed by atoms with E-state index in [9.17, 15) is 4.79 Å². The number of benzene rings is 1. The van der Waals surface area contributed by atoms with Gasteiger partial charge >= 0.3 is 6.03 Å². The van der Waals surface area contributed by atoms with Gasteiger partial charge in [0, 0.05) is 44.0 Å². The number of urea groups is 1. The SMILES string of the molecule is CCN(C)C(=O)Nc1ccc(-c2nc(C[SH+]C)cc(N3CCOCC3)n2)cc1. The lowest BCUT2D eigenvalue weighted by Gasteiger charge is -2.28. The highest BCUT2D eigenvalue weighted by Crippen LogP contribution is 2.23. The summed E-state index contributed by atoms with van der Waals surface area (Å²) in [6.45, 7) is 5.73. The fourth-order valence-corrected chi connectivity index (χ4v) is 3.36. The fourth-order valence-electron chi connectivity index (χ4n) is 2.87. The molecular formula is C20H28N5O2S+. The maximum absolute atomic E-state index is 12.0. The summed E-state index contributed by atoms with van der Waals surface area (Å²) in [5.74, 6) is 2.56. The van der Waals surface area contributed by atoms with Crippen LogP contribution in [-0.2, 0) is 22.3 Å². The van der Waals surface area contributed by atoms with Gasteiger partial charge in [0.05, 0.1) is 25.2 Å². The van der Waals surface area contributed by atoms with E-state index in [1.807, 2.05) is 31.2 Å². The van der Waals surface area contributed by atoms with Crippen molar-refractivity contribution in [2.45, 2.75) is 12.7 Å². The Bertz CT molecular complexity index is 794. The highest BCUT2D eigenvalue weighted by Gasteiger charge is 2.16. The molecule has 1 aliphatic heterocycles. The highest BCUT2D eigenvalue weighted by atomic mass is 32.2. The number of ether oxygens (including phenoxy) is 1. The molecule has 0 unspecified atom stereocenters. The van der Waals surface area contributed by atoms with Crippen LogP contribution in [0.25, 0.3) is 11.4 Å². The minimum Gasteiger partial charge on any atom is -0.378 e. The van der Waals surface area contributed by atoms with Crippen molar-refractivity contribution in [3.8, 4) is 11.4 Å². The summed E-state index contributed by atoms with van der Waals surface area (Å²) in [5.41, 5.74) is 2.73. The monoisotopic (exact) mass is 402 g/mol. The van der Waals surface area contributed by atoms with Crippen LogP contribution in [0.3, 0.4) is 0 Å². The maximum Gasteiger partial charge on any atom is 0.321 e. The largest absolute Gasteiger partial charge is 0.378 e. The molecule has 2 aromatic rings. The molecule has 28 heavy (non-hydrogen) atoms. The molecule has 1 N–H and O–H groups in total. The number of nitrogens with zero attached hydrogens (tertiary/aromatic N) is 4. The summed E-state index contributed by atoms with van der Waals surface area (Å²) >= 11 is 1.27. The Kier molecular flexibility index (Phi) is 7.11. The summed E-state index contributed by atoms with van der Waals surface area (Å²) in [6.07, 6.45) is 2.13. The summed E-state index contributed by atoms with van der Waals surface area (Å²) < 4.78 is 5.46. The van der Waals surface area contributed by atoms with Gasteiger partial charge in [-0.05, 0) is 43.0 Å². The summed E-state index contributed by atoms with van der Waals surface area (Å²) in [4.78, 5) is 25.4. The number of morpholine rings is 1. The van der Waals surface area contributed by atoms with Gasteiger partial charge in [0.2, 0.25) is 0 Å². The van der Waals surface area contributed by atoms with Crippen LogP contribution in [-0.4, -0.2) is 67.1 Å². The van der Waals surface area contributed by atoms with E-state index in [4.69, 9.17) is 14.7 Å². The summed E-state index contributed by atoms with van der Waals surface area (Å²) in [6, 6.07) is 9.64. The molecule has 1 aromatic carbocycles. The Balaban J connectivity index is 1.83. The van der Waals surface area contributed by atoms with Crippen molar-refractivity contribution >= 4 is 29.3 Å². The Hall–Kier alpha value is -2.32. The second kappa shape index (κ2) is 9.75. The third-order valence-electron chi connectivity index (χ3n) is 4.64. The van der Waals surface area contributed by atoms with Crippen LogP contribution in [0.2, 0.25) is 0 Å². The van der Waals surface area contributed by atoms with Gasteiger partial charge in [0.25, 0.3) is 0 Å². The predicted molar refractivity (Wildman–Crippen MR) is 116 cm³/mol. The van der Waals surface area contributed by atoms with Crippen molar-refractivity contribution in [1.29, 1.82) is 0 Å². The summed E-state index contributed by atoms with van der Waals surface area (Å²) in [5, 5.41) is 2.89. The third-order valence-corrected chi connectivity index (χ3v) is 5.28. The van der Waals surface area contributed by atoms with Crippen LogP contribution in [0.4, 0.5) is 16.3 Å². The second-order valence-corrected chi connectivity index (χ2v) is 7.59. The van der Waals surface area contributed by atoms with E-state index in [0.717, 1.165) is 54.8 Å². The van der Waals surface area contributed by atoms with E-state index in [1.54, 1.807) is 11.9 Å². The Morgan fingerprint density at radius 1 is 1.25 bits per heavy atom. The Labute approximate surface area is 170 Å². The van der Waals surface area contributed by atoms with E-state index in [2.05, 4.69) is 22.5 Å². The smallest absolute Gasteiger partial charge is 0.321 e. The molecule has 7 nitrogen and oxygen atoms in total. The van der Waals surface area contributed by atoms with Crippen molar-refractivity contribution in [2.75, 3.05) is 56.4 Å². The first-order chi connectivity index (χ1) is 13.6. The van der Waals surface area contributed by atoms with Crippen molar-refractivity contribution < 1.29 is 9.53 Å². The van der Waals surface area contributed by atoms with Crippen LogP contribution < -0.4 is 10.2 Å². The molecule has 1 aromatic heterocycles. The highest BCUT2D eigenvalue weighted by molar-refractivity contribution is 7.76. The lowest BCUT2D eigenvalue weighted by Crippen LogP contribution is -2.37. The first-order valence-corrected chi connectivity index (χ1v) is 11.0. The topological polar surface area (TPSA) is 70.6 Å². The number of nitrogens with one attached hydrogen (secondary N) is 1. The van der Waals surface area contributed by atoms with E-state index < -0.39 is 0 Å². The van der Waals surface area contributed by atoms with Gasteiger partial charge in [-0.1, -0.05) is 0 Å². The van der Waals surface area contributed by atoms with Crippen LogP contribution in [0.1, 0.15) is 12.6 Å². The molecule has 2 heterocycles. The number of carbonyl (C=O) groups excluding carboxylic acids is 1. The zero-order chi connectivity index (χ0) is 19.9. The Morgan fingerprint density at radius 3 is 2.61 bits per heavy atom. The van der Waals surface area contributed by atoms with E-state index in [-0.39, 0.29) is 6.03 Å². The standard InChI is InChI=1S/C20H27N5O2S/c1-4-24(2)20(26)22-16-7-5-15(6-8-16)19-21-17(14-28-3)13-18(23-19)25-9-11-27-12-10-25/h5-8,13H,4,9-12,14H2,1-3H3,(H,22,26)/p+1. The molecule has 0 saturated carbocycles. The molecule has 1 aliphatic rings. The minimum atomic E-state index is -0.120. The van der Waals surface area contributed by atoms with Crippen LogP contribution in [0.5, 0.6) is 0 Å². The average Bonchev–Trinajstić information content (AvgIpc) is 2.74. The molecule has 0 radical (unpaired) electrons. The van der Waals surface area contributed by atoms with Gasteiger partial charge in [-0.25, -0.2) is 14.8 Å². The molecule has 8 heteroatoms. The molecule has 2 amide bonds. The van der Waals surface area contributed by atoms with Gasteiger partial charge < -0.3 is 19.9 Å². The van der Waals surface area contributed by atoms with Gasteiger partial charge in [0.1, 0.15) is 11.6 Å². The van der Waals surface area contributed by atoms with Gasteiger partial charge in [-0.3, -0.25) is 0 Å². The third kappa shape index (κ3) is 5.14. The maximum atomic E-state index is 12.0. The van der Waals surface area contributed by atoms with E-state index in [0.29, 0.717) is 12.4 Å². The van der Waals surface area contributed by atoms with Gasteiger partial charge in [0.15, 0.2) is 5.82 Å². The number of hydrogen-bond donors (Lipinski definition) is 1.